The molecule has 6 aromatic rings. The first-order chi connectivity index (χ1) is 20.8. The van der Waals surface area contributed by atoms with Crippen LogP contribution in [0.1, 0.15) is 34.6 Å². The Morgan fingerprint density at radius 1 is 0.591 bits per heavy atom. The Hall–Kier alpha value is -2.61. The molecule has 0 unspecified atom stereocenters. The SMILES string of the molecule is CCOC(=O)c1c(-c2ccc3cc([Si](C)(C)C)sc3c2)sc2c(C(=O)OCC)c(-c3ccc4cc([Si](C)(C)C)sc4c3)sc12. The standard InChI is InChI=1S/C34H36O4S4Si2/c1-9-37-33(35)27-29(21-13-11-19-17-25(43(3,4)5)39-23(19)15-21)41-32-28(34(36)38-10-2)30(42-31(27)32)22-14-12-20-18-26(44(6,7)8)40-24(20)16-22/h11-18H,9-10H2,1-8H3. The van der Waals surface area contributed by atoms with Gasteiger partial charge in [-0.3, -0.25) is 0 Å². The predicted octanol–water partition coefficient (Wildman–Crippen LogP) is 10.2. The van der Waals surface area contributed by atoms with Crippen LogP contribution in [-0.2, 0) is 9.47 Å². The van der Waals surface area contributed by atoms with Crippen LogP contribution in [0.5, 0.6) is 0 Å². The zero-order chi connectivity index (χ0) is 31.6. The first-order valence-corrected chi connectivity index (χ1v) is 25.1. The van der Waals surface area contributed by atoms with E-state index in [-0.39, 0.29) is 25.2 Å². The molecule has 0 saturated carbocycles. The molecule has 2 aromatic carbocycles. The molecule has 0 aliphatic rings. The normalized spacial score (nSPS) is 12.5. The molecule has 0 atom stereocenters. The topological polar surface area (TPSA) is 52.6 Å². The zero-order valence-electron chi connectivity index (χ0n) is 26.3. The highest BCUT2D eigenvalue weighted by Gasteiger charge is 2.31. The maximum absolute atomic E-state index is 13.6. The van der Waals surface area contributed by atoms with E-state index in [4.69, 9.17) is 9.47 Å². The van der Waals surface area contributed by atoms with Gasteiger partial charge in [-0.1, -0.05) is 63.5 Å². The Bertz CT molecular complexity index is 1920. The van der Waals surface area contributed by atoms with E-state index >= 15 is 0 Å². The van der Waals surface area contributed by atoms with Crippen LogP contribution in [0.2, 0.25) is 39.3 Å². The molecule has 6 rings (SSSR count). The van der Waals surface area contributed by atoms with Gasteiger partial charge in [-0.05, 0) is 69.0 Å². The van der Waals surface area contributed by atoms with Gasteiger partial charge in [0.2, 0.25) is 0 Å². The van der Waals surface area contributed by atoms with Crippen LogP contribution in [0, 0.1) is 0 Å². The number of carbonyl (C=O) groups is 2. The van der Waals surface area contributed by atoms with Crippen molar-refractivity contribution in [2.45, 2.75) is 53.1 Å². The molecule has 0 amide bonds. The Kier molecular flexibility index (Phi) is 8.30. The molecule has 4 aromatic heterocycles. The largest absolute Gasteiger partial charge is 0.462 e. The van der Waals surface area contributed by atoms with Crippen molar-refractivity contribution < 1.29 is 19.1 Å². The number of benzene rings is 2. The molecule has 4 nitrogen and oxygen atoms in total. The minimum atomic E-state index is -1.46. The average Bonchev–Trinajstić information content (AvgIpc) is 3.72. The molecule has 0 radical (unpaired) electrons. The Morgan fingerprint density at radius 3 is 1.32 bits per heavy atom. The number of hydrogen-bond donors (Lipinski definition) is 0. The van der Waals surface area contributed by atoms with Gasteiger partial charge in [0.25, 0.3) is 0 Å². The van der Waals surface area contributed by atoms with Gasteiger partial charge in [-0.25, -0.2) is 9.59 Å². The second kappa shape index (κ2) is 11.6. The Balaban J connectivity index is 1.57. The van der Waals surface area contributed by atoms with Crippen molar-refractivity contribution in [1.29, 1.82) is 0 Å². The van der Waals surface area contributed by atoms with Gasteiger partial charge in [-0.15, -0.1) is 45.3 Å². The summed E-state index contributed by atoms with van der Waals surface area (Å²) in [5.74, 6) is -0.723. The molecule has 0 bridgehead atoms. The number of esters is 2. The fraction of sp³-hybridized carbons (Fsp3) is 0.294. The maximum Gasteiger partial charge on any atom is 0.341 e. The summed E-state index contributed by atoms with van der Waals surface area (Å²) in [5.41, 5.74) is 3.00. The van der Waals surface area contributed by atoms with Gasteiger partial charge in [0.05, 0.1) is 59.6 Å². The summed E-state index contributed by atoms with van der Waals surface area (Å²) in [6.07, 6.45) is 0. The minimum absolute atomic E-state index is 0.274. The number of thiophene rings is 4. The summed E-state index contributed by atoms with van der Waals surface area (Å²) in [7, 11) is -2.92. The third-order valence-corrected chi connectivity index (χ3v) is 19.5. The highest BCUT2D eigenvalue weighted by molar-refractivity contribution is 7.33. The number of hydrogen-bond acceptors (Lipinski definition) is 8. The van der Waals surface area contributed by atoms with Crippen LogP contribution in [0.4, 0.5) is 0 Å². The predicted molar refractivity (Wildman–Crippen MR) is 199 cm³/mol. The Labute approximate surface area is 276 Å². The molecule has 0 N–H and O–H groups in total. The van der Waals surface area contributed by atoms with E-state index in [0.717, 1.165) is 30.3 Å². The van der Waals surface area contributed by atoms with Gasteiger partial charge in [0.1, 0.15) is 0 Å². The van der Waals surface area contributed by atoms with Crippen LogP contribution in [0.3, 0.4) is 0 Å². The number of ether oxygens (including phenoxy) is 2. The molecule has 4 heterocycles. The summed E-state index contributed by atoms with van der Waals surface area (Å²) >= 11 is 6.67. The van der Waals surface area contributed by atoms with Crippen LogP contribution in [-0.4, -0.2) is 41.3 Å². The van der Waals surface area contributed by atoms with Crippen LogP contribution < -0.4 is 9.00 Å². The van der Waals surface area contributed by atoms with Crippen LogP contribution in [0.25, 0.3) is 50.5 Å². The fourth-order valence-corrected chi connectivity index (χ4v) is 14.0. The lowest BCUT2D eigenvalue weighted by molar-refractivity contribution is 0.0519. The lowest BCUT2D eigenvalue weighted by atomic mass is 10.1. The summed E-state index contributed by atoms with van der Waals surface area (Å²) < 4.78 is 18.1. The maximum atomic E-state index is 13.6. The van der Waals surface area contributed by atoms with E-state index in [1.807, 2.05) is 36.5 Å². The van der Waals surface area contributed by atoms with Gasteiger partial charge in [-0.2, -0.15) is 0 Å². The van der Waals surface area contributed by atoms with Crippen molar-refractivity contribution in [1.82, 2.24) is 0 Å². The molecule has 44 heavy (non-hydrogen) atoms. The second-order valence-corrected chi connectivity index (χ2v) is 27.9. The van der Waals surface area contributed by atoms with Gasteiger partial charge >= 0.3 is 11.9 Å². The van der Waals surface area contributed by atoms with E-state index in [2.05, 4.69) is 87.8 Å². The molecule has 0 spiro atoms. The molecule has 0 saturated heterocycles. The number of rotatable bonds is 8. The monoisotopic (exact) mass is 692 g/mol. The number of carbonyl (C=O) groups excluding carboxylic acids is 2. The lowest BCUT2D eigenvalue weighted by Gasteiger charge is -2.11. The van der Waals surface area contributed by atoms with E-state index < -0.39 is 16.1 Å². The molecular weight excluding hydrogens is 657 g/mol. The smallest absolute Gasteiger partial charge is 0.341 e. The summed E-state index contributed by atoms with van der Waals surface area (Å²) in [6, 6.07) is 17.5. The van der Waals surface area contributed by atoms with Crippen molar-refractivity contribution in [3.63, 3.8) is 0 Å². The van der Waals surface area contributed by atoms with Crippen molar-refractivity contribution in [3.8, 4) is 20.9 Å². The molecular formula is C34H36O4S4Si2. The first kappa shape index (κ1) is 31.4. The summed E-state index contributed by atoms with van der Waals surface area (Å²) in [4.78, 5) is 28.9. The van der Waals surface area contributed by atoms with Crippen molar-refractivity contribution in [3.05, 3.63) is 59.7 Å². The van der Waals surface area contributed by atoms with Gasteiger partial charge in [0, 0.05) is 9.40 Å². The third kappa shape index (κ3) is 5.65. The van der Waals surface area contributed by atoms with Crippen molar-refractivity contribution in [2.75, 3.05) is 13.2 Å². The average molecular weight is 693 g/mol. The zero-order valence-corrected chi connectivity index (χ0v) is 31.6. The first-order valence-electron chi connectivity index (χ1n) is 14.8. The van der Waals surface area contributed by atoms with Gasteiger partial charge in [0.15, 0.2) is 0 Å². The summed E-state index contributed by atoms with van der Waals surface area (Å²) in [6.45, 7) is 18.4. The van der Waals surface area contributed by atoms with Crippen LogP contribution in [0.15, 0.2) is 48.5 Å². The molecule has 0 aliphatic carbocycles. The summed E-state index contributed by atoms with van der Waals surface area (Å²) in [5, 5.41) is 2.45. The molecule has 10 heteroatoms. The van der Waals surface area contributed by atoms with E-state index in [9.17, 15) is 9.59 Å². The van der Waals surface area contributed by atoms with Crippen LogP contribution >= 0.6 is 45.3 Å². The van der Waals surface area contributed by atoms with Crippen molar-refractivity contribution in [2.24, 2.45) is 0 Å². The third-order valence-electron chi connectivity index (χ3n) is 7.52. The van der Waals surface area contributed by atoms with E-state index in [1.54, 1.807) is 0 Å². The number of fused-ring (bicyclic) bond motifs is 3. The Morgan fingerprint density at radius 2 is 0.977 bits per heavy atom. The highest BCUT2D eigenvalue weighted by Crippen LogP contribution is 2.50. The second-order valence-electron chi connectivity index (χ2n) is 12.9. The highest BCUT2D eigenvalue weighted by atomic mass is 32.1. The quantitative estimate of drug-likeness (QED) is 0.118. The minimum Gasteiger partial charge on any atom is -0.462 e. The van der Waals surface area contributed by atoms with Crippen molar-refractivity contribution >= 4 is 112 Å². The molecule has 228 valence electrons. The van der Waals surface area contributed by atoms with E-state index in [0.29, 0.717) is 11.1 Å². The molecule has 0 fully saturated rings. The van der Waals surface area contributed by atoms with Gasteiger partial charge < -0.3 is 9.47 Å². The lowest BCUT2D eigenvalue weighted by Crippen LogP contribution is -2.34. The fourth-order valence-electron chi connectivity index (χ4n) is 5.20. The molecule has 0 aliphatic heterocycles. The van der Waals surface area contributed by atoms with E-state index in [1.165, 1.54) is 51.8 Å².